The van der Waals surface area contributed by atoms with E-state index in [2.05, 4.69) is 17.9 Å². The molecule has 1 heterocycles. The summed E-state index contributed by atoms with van der Waals surface area (Å²) in [4.78, 5) is 2.80. The summed E-state index contributed by atoms with van der Waals surface area (Å²) in [6, 6.07) is 2.07. The molecule has 1 aromatic rings. The van der Waals surface area contributed by atoms with Crippen LogP contribution in [0.15, 0.2) is 11.0 Å². The van der Waals surface area contributed by atoms with Gasteiger partial charge < -0.3 is 4.90 Å². The standard InChI is InChI=1S/C16H26N2O2S/c1-6-17-7-9-18(10-8-17)21(19,20)16-14(4)12(2)11-13(3)15(16)5/h11H,6-10H2,1-5H3. The Morgan fingerprint density at radius 3 is 1.86 bits per heavy atom. The Kier molecular flexibility index (Phi) is 4.76. The topological polar surface area (TPSA) is 40.6 Å². The van der Waals surface area contributed by atoms with Gasteiger partial charge in [0.25, 0.3) is 0 Å². The molecule has 1 aliphatic rings. The van der Waals surface area contributed by atoms with Crippen LogP contribution in [0, 0.1) is 27.7 Å². The van der Waals surface area contributed by atoms with E-state index < -0.39 is 10.0 Å². The fourth-order valence-electron chi connectivity index (χ4n) is 2.98. The predicted molar refractivity (Wildman–Crippen MR) is 86.3 cm³/mol. The number of piperazine rings is 1. The molecule has 0 unspecified atom stereocenters. The van der Waals surface area contributed by atoms with Crippen molar-refractivity contribution >= 4 is 10.0 Å². The van der Waals surface area contributed by atoms with Crippen molar-refractivity contribution in [3.8, 4) is 0 Å². The van der Waals surface area contributed by atoms with Crippen molar-refractivity contribution in [1.82, 2.24) is 9.21 Å². The third-order valence-electron chi connectivity index (χ3n) is 4.67. The molecule has 4 nitrogen and oxygen atoms in total. The van der Waals surface area contributed by atoms with Gasteiger partial charge in [0.05, 0.1) is 4.90 Å². The fraction of sp³-hybridized carbons (Fsp3) is 0.625. The van der Waals surface area contributed by atoms with Gasteiger partial charge in [-0.3, -0.25) is 0 Å². The number of nitrogens with zero attached hydrogens (tertiary/aromatic N) is 2. The number of hydrogen-bond acceptors (Lipinski definition) is 3. The highest BCUT2D eigenvalue weighted by Crippen LogP contribution is 2.29. The maximum absolute atomic E-state index is 13.0. The third-order valence-corrected chi connectivity index (χ3v) is 6.85. The largest absolute Gasteiger partial charge is 0.301 e. The summed E-state index contributed by atoms with van der Waals surface area (Å²) in [5.41, 5.74) is 3.86. The van der Waals surface area contributed by atoms with Crippen LogP contribution in [0.5, 0.6) is 0 Å². The Morgan fingerprint density at radius 2 is 1.43 bits per heavy atom. The summed E-state index contributed by atoms with van der Waals surface area (Å²) < 4.78 is 27.7. The molecule has 0 N–H and O–H groups in total. The second-order valence-corrected chi connectivity index (χ2v) is 7.80. The van der Waals surface area contributed by atoms with Gasteiger partial charge in [-0.25, -0.2) is 8.42 Å². The van der Waals surface area contributed by atoms with Crippen LogP contribution in [0.1, 0.15) is 29.2 Å². The van der Waals surface area contributed by atoms with Gasteiger partial charge in [-0.1, -0.05) is 13.0 Å². The van der Waals surface area contributed by atoms with E-state index in [1.807, 2.05) is 27.7 Å². The molecule has 0 saturated carbocycles. The SMILES string of the molecule is CCN1CCN(S(=O)(=O)c2c(C)c(C)cc(C)c2C)CC1. The summed E-state index contributed by atoms with van der Waals surface area (Å²) >= 11 is 0. The number of likely N-dealkylation sites (N-methyl/N-ethyl adjacent to an activating group) is 1. The minimum Gasteiger partial charge on any atom is -0.301 e. The van der Waals surface area contributed by atoms with Gasteiger partial charge >= 0.3 is 0 Å². The van der Waals surface area contributed by atoms with Crippen LogP contribution in [0.3, 0.4) is 0 Å². The quantitative estimate of drug-likeness (QED) is 0.860. The number of rotatable bonds is 3. The van der Waals surface area contributed by atoms with E-state index in [-0.39, 0.29) is 0 Å². The van der Waals surface area contributed by atoms with Crippen LogP contribution < -0.4 is 0 Å². The lowest BCUT2D eigenvalue weighted by Crippen LogP contribution is -2.48. The molecule has 118 valence electrons. The van der Waals surface area contributed by atoms with Gasteiger partial charge in [-0.2, -0.15) is 4.31 Å². The zero-order valence-corrected chi connectivity index (χ0v) is 14.5. The number of aryl methyl sites for hydroxylation is 2. The van der Waals surface area contributed by atoms with Crippen molar-refractivity contribution in [2.75, 3.05) is 32.7 Å². The minimum atomic E-state index is -3.39. The highest BCUT2D eigenvalue weighted by molar-refractivity contribution is 7.89. The molecule has 0 aliphatic carbocycles. The number of benzene rings is 1. The average Bonchev–Trinajstić information content (AvgIpc) is 2.45. The Hall–Kier alpha value is -0.910. The van der Waals surface area contributed by atoms with Crippen LogP contribution in [0.4, 0.5) is 0 Å². The van der Waals surface area contributed by atoms with Crippen LogP contribution in [0.25, 0.3) is 0 Å². The van der Waals surface area contributed by atoms with E-state index in [1.165, 1.54) is 0 Å². The van der Waals surface area contributed by atoms with Crippen LogP contribution in [-0.2, 0) is 10.0 Å². The first kappa shape index (κ1) is 16.5. The average molecular weight is 310 g/mol. The molecule has 1 fully saturated rings. The van der Waals surface area contributed by atoms with Gasteiger partial charge in [0.15, 0.2) is 0 Å². The van der Waals surface area contributed by atoms with Crippen molar-refractivity contribution in [1.29, 1.82) is 0 Å². The van der Waals surface area contributed by atoms with Gasteiger partial charge in [-0.15, -0.1) is 0 Å². The third kappa shape index (κ3) is 3.00. The zero-order chi connectivity index (χ0) is 15.8. The lowest BCUT2D eigenvalue weighted by atomic mass is 10.0. The molecular weight excluding hydrogens is 284 g/mol. The molecule has 0 aromatic heterocycles. The van der Waals surface area contributed by atoms with Crippen molar-refractivity contribution in [2.24, 2.45) is 0 Å². The monoisotopic (exact) mass is 310 g/mol. The predicted octanol–water partition coefficient (Wildman–Crippen LogP) is 2.25. The summed E-state index contributed by atoms with van der Waals surface area (Å²) in [6.07, 6.45) is 0. The van der Waals surface area contributed by atoms with E-state index in [0.29, 0.717) is 18.0 Å². The molecule has 1 aliphatic heterocycles. The first-order valence-corrected chi connectivity index (χ1v) is 9.03. The van der Waals surface area contributed by atoms with Gasteiger partial charge in [-0.05, 0) is 56.5 Å². The van der Waals surface area contributed by atoms with Crippen molar-refractivity contribution in [3.63, 3.8) is 0 Å². The molecular formula is C16H26N2O2S. The highest BCUT2D eigenvalue weighted by Gasteiger charge is 2.31. The van der Waals surface area contributed by atoms with Gasteiger partial charge in [0.2, 0.25) is 10.0 Å². The van der Waals surface area contributed by atoms with Crippen molar-refractivity contribution in [2.45, 2.75) is 39.5 Å². The summed E-state index contributed by atoms with van der Waals surface area (Å²) in [6.45, 7) is 13.7. The van der Waals surface area contributed by atoms with Crippen LogP contribution in [-0.4, -0.2) is 50.3 Å². The summed E-state index contributed by atoms with van der Waals surface area (Å²) in [5.74, 6) is 0. The molecule has 2 rings (SSSR count). The Morgan fingerprint density at radius 1 is 0.952 bits per heavy atom. The minimum absolute atomic E-state index is 0.518. The maximum Gasteiger partial charge on any atom is 0.243 e. The number of sulfonamides is 1. The molecule has 21 heavy (non-hydrogen) atoms. The lowest BCUT2D eigenvalue weighted by molar-refractivity contribution is 0.196. The Labute approximate surface area is 128 Å². The van der Waals surface area contributed by atoms with Crippen molar-refractivity contribution in [3.05, 3.63) is 28.3 Å². The first-order valence-electron chi connectivity index (χ1n) is 7.59. The Balaban J connectivity index is 2.42. The van der Waals surface area contributed by atoms with E-state index in [0.717, 1.165) is 41.9 Å². The second-order valence-electron chi connectivity index (χ2n) is 5.93. The summed E-state index contributed by atoms with van der Waals surface area (Å²) in [7, 11) is -3.39. The maximum atomic E-state index is 13.0. The smallest absolute Gasteiger partial charge is 0.243 e. The van der Waals surface area contributed by atoms with Crippen LogP contribution in [0.2, 0.25) is 0 Å². The van der Waals surface area contributed by atoms with E-state index in [9.17, 15) is 8.42 Å². The van der Waals surface area contributed by atoms with E-state index in [1.54, 1.807) is 4.31 Å². The van der Waals surface area contributed by atoms with E-state index >= 15 is 0 Å². The molecule has 1 saturated heterocycles. The molecule has 5 heteroatoms. The molecule has 1 aromatic carbocycles. The highest BCUT2D eigenvalue weighted by atomic mass is 32.2. The molecule has 0 spiro atoms. The normalized spacial score (nSPS) is 18.1. The van der Waals surface area contributed by atoms with Gasteiger partial charge in [0.1, 0.15) is 0 Å². The Bertz CT molecular complexity index is 604. The van der Waals surface area contributed by atoms with E-state index in [4.69, 9.17) is 0 Å². The second kappa shape index (κ2) is 6.07. The molecule has 0 bridgehead atoms. The van der Waals surface area contributed by atoms with Gasteiger partial charge in [0, 0.05) is 26.2 Å². The fourth-order valence-corrected chi connectivity index (χ4v) is 4.98. The summed E-state index contributed by atoms with van der Waals surface area (Å²) in [5, 5.41) is 0. The molecule has 0 amide bonds. The molecule has 0 atom stereocenters. The van der Waals surface area contributed by atoms with Crippen molar-refractivity contribution < 1.29 is 8.42 Å². The number of hydrogen-bond donors (Lipinski definition) is 0. The lowest BCUT2D eigenvalue weighted by Gasteiger charge is -2.34. The first-order chi connectivity index (χ1) is 9.78. The zero-order valence-electron chi connectivity index (χ0n) is 13.7. The molecule has 0 radical (unpaired) electrons. The van der Waals surface area contributed by atoms with Crippen LogP contribution >= 0.6 is 0 Å².